The number of rotatable bonds is 7. The highest BCUT2D eigenvalue weighted by Crippen LogP contribution is 2.26. The number of imide groups is 1. The van der Waals surface area contributed by atoms with Gasteiger partial charge in [-0.05, 0) is 43.9 Å². The molecule has 3 rings (SSSR count). The van der Waals surface area contributed by atoms with Crippen LogP contribution in [0, 0.1) is 6.92 Å². The van der Waals surface area contributed by atoms with Crippen LogP contribution in [-0.4, -0.2) is 61.1 Å². The molecule has 164 valence electrons. The van der Waals surface area contributed by atoms with Crippen molar-refractivity contribution in [1.29, 1.82) is 0 Å². The lowest BCUT2D eigenvalue weighted by molar-refractivity contribution is -0.130. The van der Waals surface area contributed by atoms with Gasteiger partial charge in [-0.15, -0.1) is 0 Å². The third-order valence-corrected chi connectivity index (χ3v) is 7.43. The van der Waals surface area contributed by atoms with Gasteiger partial charge in [-0.1, -0.05) is 25.8 Å². The van der Waals surface area contributed by atoms with E-state index in [4.69, 9.17) is 0 Å². The highest BCUT2D eigenvalue weighted by atomic mass is 32.2. The molecule has 2 heterocycles. The molecule has 0 aromatic heterocycles. The summed E-state index contributed by atoms with van der Waals surface area (Å²) < 4.78 is 27.5. The molecule has 1 aromatic rings. The number of carbonyl (C=O) groups excluding carboxylic acids is 3. The summed E-state index contributed by atoms with van der Waals surface area (Å²) in [5.41, 5.74) is 0.897. The lowest BCUT2D eigenvalue weighted by atomic mass is 10.2. The number of amides is 4. The summed E-state index contributed by atoms with van der Waals surface area (Å²) in [5.74, 6) is -0.991. The maximum atomic E-state index is 13.0. The van der Waals surface area contributed by atoms with Gasteiger partial charge in [0.05, 0.1) is 4.90 Å². The van der Waals surface area contributed by atoms with Crippen LogP contribution >= 0.6 is 0 Å². The molecular weight excluding hydrogens is 408 g/mol. The summed E-state index contributed by atoms with van der Waals surface area (Å²) in [6.45, 7) is 4.17. The first-order valence-corrected chi connectivity index (χ1v) is 11.7. The normalized spacial score (nSPS) is 20.3. The van der Waals surface area contributed by atoms with E-state index >= 15 is 0 Å². The smallest absolute Gasteiger partial charge is 0.325 e. The van der Waals surface area contributed by atoms with E-state index < -0.39 is 40.5 Å². The van der Waals surface area contributed by atoms with Gasteiger partial charge >= 0.3 is 6.03 Å². The number of sulfonamides is 1. The molecule has 10 heteroatoms. The Bertz CT molecular complexity index is 941. The minimum absolute atomic E-state index is 0.153. The lowest BCUT2D eigenvalue weighted by Gasteiger charge is -2.26. The predicted molar refractivity (Wildman–Crippen MR) is 111 cm³/mol. The minimum atomic E-state index is -3.65. The molecule has 0 radical (unpaired) electrons. The van der Waals surface area contributed by atoms with Gasteiger partial charge in [0.1, 0.15) is 12.6 Å². The number of nitrogens with one attached hydrogen (secondary N) is 2. The SMILES string of the molecule is CCCC1NC(=O)N(CC(=O)Nc2ccc(C)c(S(=O)(=O)N3CCCCC3)c2)C1=O. The van der Waals surface area contributed by atoms with Crippen LogP contribution in [0.3, 0.4) is 0 Å². The van der Waals surface area contributed by atoms with Gasteiger partial charge in [0, 0.05) is 18.8 Å². The van der Waals surface area contributed by atoms with Crippen LogP contribution < -0.4 is 10.6 Å². The Morgan fingerprint density at radius 1 is 1.20 bits per heavy atom. The Morgan fingerprint density at radius 2 is 1.90 bits per heavy atom. The van der Waals surface area contributed by atoms with Crippen molar-refractivity contribution in [3.63, 3.8) is 0 Å². The van der Waals surface area contributed by atoms with Crippen molar-refractivity contribution in [2.24, 2.45) is 0 Å². The van der Waals surface area contributed by atoms with E-state index in [9.17, 15) is 22.8 Å². The molecule has 2 N–H and O–H groups in total. The molecule has 4 amide bonds. The topological polar surface area (TPSA) is 116 Å². The van der Waals surface area contributed by atoms with Crippen LogP contribution in [0.2, 0.25) is 0 Å². The summed E-state index contributed by atoms with van der Waals surface area (Å²) in [4.78, 5) is 37.7. The first-order valence-electron chi connectivity index (χ1n) is 10.3. The predicted octanol–water partition coefficient (Wildman–Crippen LogP) is 1.83. The lowest BCUT2D eigenvalue weighted by Crippen LogP contribution is -2.38. The summed E-state index contributed by atoms with van der Waals surface area (Å²) in [6.07, 6.45) is 3.93. The molecule has 2 fully saturated rings. The molecule has 1 unspecified atom stereocenters. The number of benzene rings is 1. The molecule has 2 aliphatic rings. The number of anilines is 1. The molecule has 0 saturated carbocycles. The second-order valence-electron chi connectivity index (χ2n) is 7.71. The van der Waals surface area contributed by atoms with Gasteiger partial charge in [-0.3, -0.25) is 14.5 Å². The van der Waals surface area contributed by atoms with Gasteiger partial charge < -0.3 is 10.6 Å². The summed E-state index contributed by atoms with van der Waals surface area (Å²) in [7, 11) is -3.65. The fourth-order valence-corrected chi connectivity index (χ4v) is 5.52. The zero-order chi connectivity index (χ0) is 21.9. The maximum Gasteiger partial charge on any atom is 0.325 e. The van der Waals surface area contributed by atoms with Crippen molar-refractivity contribution in [2.45, 2.75) is 56.9 Å². The standard InChI is InChI=1S/C20H28N4O5S/c1-3-7-16-19(26)24(20(27)22-16)13-18(25)21-15-9-8-14(2)17(12-15)30(28,29)23-10-5-4-6-11-23/h8-9,12,16H,3-7,10-11,13H2,1-2H3,(H,21,25)(H,22,27). The fraction of sp³-hybridized carbons (Fsp3) is 0.550. The second kappa shape index (κ2) is 9.13. The van der Waals surface area contributed by atoms with Gasteiger partial charge in [-0.25, -0.2) is 13.2 Å². The largest absolute Gasteiger partial charge is 0.326 e. The molecular formula is C20H28N4O5S. The molecule has 0 bridgehead atoms. The fourth-order valence-electron chi connectivity index (χ4n) is 3.76. The van der Waals surface area contributed by atoms with Gasteiger partial charge in [0.25, 0.3) is 5.91 Å². The van der Waals surface area contributed by atoms with Crippen LogP contribution in [-0.2, 0) is 19.6 Å². The van der Waals surface area contributed by atoms with E-state index in [-0.39, 0.29) is 4.90 Å². The Morgan fingerprint density at radius 3 is 2.57 bits per heavy atom. The summed E-state index contributed by atoms with van der Waals surface area (Å²) in [6, 6.07) is 3.48. The van der Waals surface area contributed by atoms with Crippen molar-refractivity contribution in [3.05, 3.63) is 23.8 Å². The van der Waals surface area contributed by atoms with Gasteiger partial charge in [0.15, 0.2) is 0 Å². The van der Waals surface area contributed by atoms with Crippen molar-refractivity contribution in [3.8, 4) is 0 Å². The summed E-state index contributed by atoms with van der Waals surface area (Å²) in [5, 5.41) is 5.17. The third-order valence-electron chi connectivity index (χ3n) is 5.39. The van der Waals surface area contributed by atoms with Crippen molar-refractivity contribution < 1.29 is 22.8 Å². The number of urea groups is 1. The van der Waals surface area contributed by atoms with Crippen molar-refractivity contribution in [1.82, 2.24) is 14.5 Å². The van der Waals surface area contributed by atoms with E-state index in [0.717, 1.165) is 30.6 Å². The Balaban J connectivity index is 1.71. The Labute approximate surface area is 176 Å². The third kappa shape index (κ3) is 4.65. The van der Waals surface area contributed by atoms with Gasteiger partial charge in [0.2, 0.25) is 15.9 Å². The number of hydrogen-bond donors (Lipinski definition) is 2. The highest BCUT2D eigenvalue weighted by molar-refractivity contribution is 7.89. The van der Waals surface area contributed by atoms with Gasteiger partial charge in [-0.2, -0.15) is 4.31 Å². The number of carbonyl (C=O) groups is 3. The first-order chi connectivity index (χ1) is 14.2. The molecule has 30 heavy (non-hydrogen) atoms. The molecule has 2 aliphatic heterocycles. The highest BCUT2D eigenvalue weighted by Gasteiger charge is 2.38. The van der Waals surface area contributed by atoms with Crippen LogP contribution in [0.15, 0.2) is 23.1 Å². The molecule has 0 spiro atoms. The number of aryl methyl sites for hydroxylation is 1. The second-order valence-corrected chi connectivity index (χ2v) is 9.61. The molecule has 0 aliphatic carbocycles. The van der Waals surface area contributed by atoms with Crippen LogP contribution in [0.25, 0.3) is 0 Å². The van der Waals surface area contributed by atoms with Crippen molar-refractivity contribution >= 4 is 33.6 Å². The average Bonchev–Trinajstić information content (AvgIpc) is 2.97. The Kier molecular flexibility index (Phi) is 6.77. The van der Waals surface area contributed by atoms with Crippen LogP contribution in [0.4, 0.5) is 10.5 Å². The zero-order valence-electron chi connectivity index (χ0n) is 17.3. The van der Waals surface area contributed by atoms with E-state index in [1.807, 2.05) is 6.92 Å². The molecule has 9 nitrogen and oxygen atoms in total. The minimum Gasteiger partial charge on any atom is -0.326 e. The molecule has 1 atom stereocenters. The number of nitrogens with zero attached hydrogens (tertiary/aromatic N) is 2. The van der Waals surface area contributed by atoms with E-state index in [1.165, 1.54) is 10.4 Å². The molecule has 1 aromatic carbocycles. The number of hydrogen-bond acceptors (Lipinski definition) is 5. The monoisotopic (exact) mass is 436 g/mol. The van der Waals surface area contributed by atoms with E-state index in [0.29, 0.717) is 30.8 Å². The van der Waals surface area contributed by atoms with Crippen LogP contribution in [0.5, 0.6) is 0 Å². The number of piperidine rings is 1. The summed E-state index contributed by atoms with van der Waals surface area (Å²) >= 11 is 0. The molecule has 2 saturated heterocycles. The van der Waals surface area contributed by atoms with E-state index in [2.05, 4.69) is 10.6 Å². The van der Waals surface area contributed by atoms with E-state index in [1.54, 1.807) is 19.1 Å². The maximum absolute atomic E-state index is 13.0. The van der Waals surface area contributed by atoms with Crippen molar-refractivity contribution in [2.75, 3.05) is 25.0 Å². The first kappa shape index (κ1) is 22.2. The Hall–Kier alpha value is -2.46. The average molecular weight is 437 g/mol. The zero-order valence-corrected chi connectivity index (χ0v) is 18.1. The quantitative estimate of drug-likeness (QED) is 0.633. The van der Waals surface area contributed by atoms with Crippen LogP contribution in [0.1, 0.15) is 44.6 Å².